The number of carbonyl (C=O) groups excluding carboxylic acids is 2. The molecule has 0 aromatic rings. The summed E-state index contributed by atoms with van der Waals surface area (Å²) in [4.78, 5) is 21.3. The minimum absolute atomic E-state index is 0. The van der Waals surface area contributed by atoms with Gasteiger partial charge in [-0.05, 0) is 0 Å². The van der Waals surface area contributed by atoms with Crippen LogP contribution in [0.3, 0.4) is 0 Å². The molecule has 5 N–H and O–H groups in total. The zero-order chi connectivity index (χ0) is 12.2. The third kappa shape index (κ3) is 7.60. The van der Waals surface area contributed by atoms with E-state index in [-0.39, 0.29) is 42.0 Å². The Bertz CT molecular complexity index is 445. The molecule has 0 fully saturated rings. The van der Waals surface area contributed by atoms with Crippen LogP contribution in [0.1, 0.15) is 7.85 Å². The predicted octanol–water partition coefficient (Wildman–Crippen LogP) is -4.21. The van der Waals surface area contributed by atoms with Crippen LogP contribution in [-0.4, -0.2) is 24.8 Å². The molecule has 0 rings (SSSR count). The van der Waals surface area contributed by atoms with Gasteiger partial charge < -0.3 is 12.9 Å². The van der Waals surface area contributed by atoms with E-state index in [1.165, 1.54) is 0 Å². The number of hydrogen-bond acceptors (Lipinski definition) is 4. The molecular weight excluding hydrogens is 247 g/mol. The Morgan fingerprint density at radius 3 is 2.00 bits per heavy atom. The zero-order valence-corrected chi connectivity index (χ0v) is 11.5. The van der Waals surface area contributed by atoms with Gasteiger partial charge in [-0.3, -0.25) is 14.1 Å². The molecular formula is C7H11N2NaO5S. The quantitative estimate of drug-likeness (QED) is 0.260. The van der Waals surface area contributed by atoms with E-state index in [1.54, 1.807) is 0 Å². The summed E-state index contributed by atoms with van der Waals surface area (Å²) in [5, 5.41) is 0.253. The average Bonchev–Trinajstić information content (AvgIpc) is 1.99. The van der Waals surface area contributed by atoms with E-state index in [9.17, 15) is 18.0 Å². The first-order chi connectivity index (χ1) is 6.63. The largest absolute Gasteiger partial charge is 1.00 e. The molecule has 86 valence electrons. The van der Waals surface area contributed by atoms with E-state index < -0.39 is 33.9 Å². The number of hydrogen-bond donors (Lipinski definition) is 3. The van der Waals surface area contributed by atoms with Gasteiger partial charge in [0.25, 0.3) is 10.1 Å². The SMILES string of the molecule is C=C(C/C(=C/S(=O)(=O)O)C(N)=O)C(N)=O.[H-].[Na+]. The maximum atomic E-state index is 10.7. The van der Waals surface area contributed by atoms with Crippen molar-refractivity contribution in [2.45, 2.75) is 6.42 Å². The fraction of sp³-hybridized carbons (Fsp3) is 0.143. The molecule has 0 atom stereocenters. The molecule has 16 heavy (non-hydrogen) atoms. The number of nitrogens with two attached hydrogens (primary N) is 2. The Hall–Kier alpha value is -0.670. The van der Waals surface area contributed by atoms with Crippen LogP contribution in [0.5, 0.6) is 0 Å². The Morgan fingerprint density at radius 1 is 1.31 bits per heavy atom. The van der Waals surface area contributed by atoms with Gasteiger partial charge >= 0.3 is 29.6 Å². The van der Waals surface area contributed by atoms with Gasteiger partial charge in [0.1, 0.15) is 0 Å². The summed E-state index contributed by atoms with van der Waals surface area (Å²) in [7, 11) is -4.50. The molecule has 0 heterocycles. The van der Waals surface area contributed by atoms with E-state index in [1.807, 2.05) is 0 Å². The Kier molecular flexibility index (Phi) is 7.55. The van der Waals surface area contributed by atoms with E-state index in [4.69, 9.17) is 16.0 Å². The van der Waals surface area contributed by atoms with E-state index in [2.05, 4.69) is 6.58 Å². The molecule has 0 aromatic heterocycles. The third-order valence-electron chi connectivity index (χ3n) is 1.36. The summed E-state index contributed by atoms with van der Waals surface area (Å²) in [5.74, 6) is -1.98. The number of rotatable bonds is 5. The summed E-state index contributed by atoms with van der Waals surface area (Å²) in [6.07, 6.45) is -0.426. The first kappa shape index (κ1) is 17.7. The van der Waals surface area contributed by atoms with Crippen molar-refractivity contribution in [2.75, 3.05) is 0 Å². The van der Waals surface area contributed by atoms with Crippen molar-refractivity contribution in [3.8, 4) is 0 Å². The smallest absolute Gasteiger partial charge is 1.00 e. The average molecular weight is 258 g/mol. The van der Waals surface area contributed by atoms with Crippen molar-refractivity contribution < 1.29 is 53.5 Å². The number of amides is 2. The van der Waals surface area contributed by atoms with Gasteiger partial charge in [-0.25, -0.2) is 0 Å². The van der Waals surface area contributed by atoms with Crippen LogP contribution in [0.2, 0.25) is 0 Å². The normalized spacial score (nSPS) is 11.4. The summed E-state index contributed by atoms with van der Waals surface area (Å²) in [6, 6.07) is 0. The molecule has 0 unspecified atom stereocenters. The van der Waals surface area contributed by atoms with Crippen LogP contribution < -0.4 is 41.0 Å². The molecule has 0 radical (unpaired) electrons. The minimum Gasteiger partial charge on any atom is -1.00 e. The first-order valence-electron chi connectivity index (χ1n) is 3.59. The number of primary amides is 2. The minimum atomic E-state index is -4.50. The van der Waals surface area contributed by atoms with Gasteiger partial charge in [0.2, 0.25) is 11.8 Å². The summed E-state index contributed by atoms with van der Waals surface area (Å²) in [5.41, 5.74) is 8.97. The van der Waals surface area contributed by atoms with Crippen molar-refractivity contribution >= 4 is 21.9 Å². The Balaban J connectivity index is -0.000000980. The Labute approximate surface area is 116 Å². The van der Waals surface area contributed by atoms with Gasteiger partial charge in [0.15, 0.2) is 0 Å². The molecule has 0 saturated heterocycles. The van der Waals surface area contributed by atoms with Gasteiger partial charge in [0, 0.05) is 17.6 Å². The molecule has 0 aliphatic carbocycles. The molecule has 0 saturated carbocycles. The summed E-state index contributed by atoms with van der Waals surface area (Å²) < 4.78 is 29.3. The molecule has 2 amide bonds. The van der Waals surface area contributed by atoms with Gasteiger partial charge in [0.05, 0.1) is 5.41 Å². The van der Waals surface area contributed by atoms with Crippen molar-refractivity contribution in [1.29, 1.82) is 0 Å². The maximum absolute atomic E-state index is 10.7. The molecule has 0 aliphatic rings. The fourth-order valence-electron chi connectivity index (χ4n) is 0.684. The standard InChI is InChI=1S/C7H10N2O5S.Na.H/c1-4(6(8)10)2-5(7(9)11)3-15(12,13)14;;/h3H,1-2H2,(H2,8,10)(H2,9,11)(H,12,13,14);;/q;+1;-1/b5-3-;;. The second-order valence-corrected chi connectivity index (χ2v) is 3.93. The molecule has 0 bridgehead atoms. The summed E-state index contributed by atoms with van der Waals surface area (Å²) >= 11 is 0. The van der Waals surface area contributed by atoms with Crippen LogP contribution in [0.25, 0.3) is 0 Å². The van der Waals surface area contributed by atoms with Gasteiger partial charge in [-0.15, -0.1) is 0 Å². The third-order valence-corrected chi connectivity index (χ3v) is 1.94. The van der Waals surface area contributed by atoms with Crippen LogP contribution in [0.4, 0.5) is 0 Å². The van der Waals surface area contributed by atoms with Crippen molar-refractivity contribution in [3.05, 3.63) is 23.1 Å². The van der Waals surface area contributed by atoms with Crippen molar-refractivity contribution in [2.24, 2.45) is 11.5 Å². The van der Waals surface area contributed by atoms with E-state index in [0.717, 1.165) is 0 Å². The zero-order valence-electron chi connectivity index (χ0n) is 9.63. The predicted molar refractivity (Wildman–Crippen MR) is 52.9 cm³/mol. The molecule has 9 heteroatoms. The van der Waals surface area contributed by atoms with E-state index in [0.29, 0.717) is 0 Å². The molecule has 7 nitrogen and oxygen atoms in total. The second-order valence-electron chi connectivity index (χ2n) is 2.67. The van der Waals surface area contributed by atoms with Crippen LogP contribution in [-0.2, 0) is 19.7 Å². The topological polar surface area (TPSA) is 141 Å². The van der Waals surface area contributed by atoms with Crippen LogP contribution in [0, 0.1) is 0 Å². The molecule has 0 aromatic carbocycles. The van der Waals surface area contributed by atoms with E-state index >= 15 is 0 Å². The number of carbonyl (C=O) groups is 2. The first-order valence-corrected chi connectivity index (χ1v) is 5.09. The molecule has 0 spiro atoms. The van der Waals surface area contributed by atoms with Crippen LogP contribution >= 0.6 is 0 Å². The van der Waals surface area contributed by atoms with Crippen LogP contribution in [0.15, 0.2) is 23.1 Å². The summed E-state index contributed by atoms with van der Waals surface area (Å²) in [6.45, 7) is 3.21. The fourth-order valence-corrected chi connectivity index (χ4v) is 1.24. The van der Waals surface area contributed by atoms with Crippen molar-refractivity contribution in [1.82, 2.24) is 0 Å². The van der Waals surface area contributed by atoms with Crippen molar-refractivity contribution in [3.63, 3.8) is 0 Å². The van der Waals surface area contributed by atoms with Gasteiger partial charge in [-0.2, -0.15) is 8.42 Å². The molecule has 0 aliphatic heterocycles. The second kappa shape index (κ2) is 6.81. The monoisotopic (exact) mass is 258 g/mol. The van der Waals surface area contributed by atoms with Gasteiger partial charge in [-0.1, -0.05) is 6.58 Å². The maximum Gasteiger partial charge on any atom is 1.00 e. The Morgan fingerprint density at radius 2 is 1.75 bits per heavy atom.